The predicted octanol–water partition coefficient (Wildman–Crippen LogP) is 1.21. The van der Waals surface area contributed by atoms with Gasteiger partial charge in [0.15, 0.2) is 0 Å². The Morgan fingerprint density at radius 1 is 1.42 bits per heavy atom. The Bertz CT molecular complexity index is 309. The Kier molecular flexibility index (Phi) is 5.61. The van der Waals surface area contributed by atoms with Gasteiger partial charge in [0.1, 0.15) is 0 Å². The van der Waals surface area contributed by atoms with Crippen LogP contribution in [0.4, 0.5) is 13.2 Å². The molecule has 4 nitrogen and oxygen atoms in total. The highest BCUT2D eigenvalue weighted by molar-refractivity contribution is 5.81. The summed E-state index contributed by atoms with van der Waals surface area (Å²) >= 11 is 0. The number of amides is 1. The number of nitrogens with zero attached hydrogens (tertiary/aromatic N) is 2. The van der Waals surface area contributed by atoms with Crippen molar-refractivity contribution in [2.24, 2.45) is 5.73 Å². The second-order valence-corrected chi connectivity index (χ2v) is 5.11. The number of carbonyl (C=O) groups is 1. The molecule has 1 aliphatic heterocycles. The van der Waals surface area contributed by atoms with Gasteiger partial charge in [0, 0.05) is 25.7 Å². The molecule has 0 aliphatic carbocycles. The lowest BCUT2D eigenvalue weighted by Gasteiger charge is -2.40. The SMILES string of the molecule is CCC[C@H](N)C(=O)N1CCN(CC(F)(F)F)[C@H](C)C1. The summed E-state index contributed by atoms with van der Waals surface area (Å²) in [6, 6.07) is -0.834. The molecular formula is C12H22F3N3O. The zero-order valence-corrected chi connectivity index (χ0v) is 11.4. The second kappa shape index (κ2) is 6.56. The largest absolute Gasteiger partial charge is 0.401 e. The normalized spacial score (nSPS) is 23.5. The molecule has 1 amide bonds. The van der Waals surface area contributed by atoms with Crippen LogP contribution in [0.3, 0.4) is 0 Å². The lowest BCUT2D eigenvalue weighted by Crippen LogP contribution is -2.58. The Balaban J connectivity index is 2.51. The van der Waals surface area contributed by atoms with Crippen LogP contribution in [0.15, 0.2) is 0 Å². The van der Waals surface area contributed by atoms with Crippen molar-refractivity contribution in [3.63, 3.8) is 0 Å². The molecule has 0 unspecified atom stereocenters. The Labute approximate surface area is 111 Å². The highest BCUT2D eigenvalue weighted by Crippen LogP contribution is 2.20. The van der Waals surface area contributed by atoms with Gasteiger partial charge in [-0.15, -0.1) is 0 Å². The van der Waals surface area contributed by atoms with Gasteiger partial charge in [-0.3, -0.25) is 9.69 Å². The van der Waals surface area contributed by atoms with Gasteiger partial charge in [-0.25, -0.2) is 0 Å². The number of piperazine rings is 1. The standard InChI is InChI=1S/C12H22F3N3O/c1-3-4-10(16)11(19)17-5-6-18(9(2)7-17)8-12(13,14)15/h9-10H,3-8,16H2,1-2H3/t9-,10+/m1/s1. The number of carbonyl (C=O) groups excluding carboxylic acids is 1. The molecule has 0 aromatic carbocycles. The van der Waals surface area contributed by atoms with Gasteiger partial charge in [-0.2, -0.15) is 13.2 Å². The summed E-state index contributed by atoms with van der Waals surface area (Å²) in [7, 11) is 0. The van der Waals surface area contributed by atoms with Crippen molar-refractivity contribution in [3.8, 4) is 0 Å². The highest BCUT2D eigenvalue weighted by Gasteiger charge is 2.36. The van der Waals surface area contributed by atoms with Crippen molar-refractivity contribution >= 4 is 5.91 Å². The van der Waals surface area contributed by atoms with Crippen LogP contribution in [-0.2, 0) is 4.79 Å². The molecule has 1 fully saturated rings. The average Bonchev–Trinajstić information content (AvgIpc) is 2.29. The summed E-state index contributed by atoms with van der Waals surface area (Å²) in [5, 5.41) is 0. The lowest BCUT2D eigenvalue weighted by atomic mass is 10.1. The van der Waals surface area contributed by atoms with Crippen LogP contribution >= 0.6 is 0 Å². The number of hydrogen-bond acceptors (Lipinski definition) is 3. The topological polar surface area (TPSA) is 49.6 Å². The monoisotopic (exact) mass is 281 g/mol. The van der Waals surface area contributed by atoms with Crippen molar-refractivity contribution < 1.29 is 18.0 Å². The molecular weight excluding hydrogens is 259 g/mol. The fourth-order valence-corrected chi connectivity index (χ4v) is 2.33. The molecule has 0 aromatic rings. The van der Waals surface area contributed by atoms with Crippen LogP contribution in [0, 0.1) is 0 Å². The van der Waals surface area contributed by atoms with E-state index in [9.17, 15) is 18.0 Å². The van der Waals surface area contributed by atoms with Crippen LogP contribution in [0.25, 0.3) is 0 Å². The van der Waals surface area contributed by atoms with E-state index in [2.05, 4.69) is 0 Å². The summed E-state index contributed by atoms with van der Waals surface area (Å²) in [5.74, 6) is -0.152. The van der Waals surface area contributed by atoms with E-state index >= 15 is 0 Å². The van der Waals surface area contributed by atoms with Gasteiger partial charge in [-0.05, 0) is 13.3 Å². The van der Waals surface area contributed by atoms with E-state index in [1.807, 2.05) is 6.92 Å². The number of nitrogens with two attached hydrogens (primary N) is 1. The molecule has 19 heavy (non-hydrogen) atoms. The first-order valence-electron chi connectivity index (χ1n) is 6.59. The number of halogens is 3. The summed E-state index contributed by atoms with van der Waals surface area (Å²) in [6.45, 7) is 3.60. The van der Waals surface area contributed by atoms with E-state index in [1.165, 1.54) is 4.90 Å². The fourth-order valence-electron chi connectivity index (χ4n) is 2.33. The molecule has 1 aliphatic rings. The fraction of sp³-hybridized carbons (Fsp3) is 0.917. The van der Waals surface area contributed by atoms with E-state index < -0.39 is 18.8 Å². The maximum absolute atomic E-state index is 12.4. The quantitative estimate of drug-likeness (QED) is 0.842. The molecule has 7 heteroatoms. The smallest absolute Gasteiger partial charge is 0.339 e. The molecule has 1 rings (SSSR count). The van der Waals surface area contributed by atoms with Crippen molar-refractivity contribution in [2.45, 2.75) is 44.9 Å². The molecule has 0 saturated carbocycles. The van der Waals surface area contributed by atoms with Gasteiger partial charge in [0.05, 0.1) is 12.6 Å². The van der Waals surface area contributed by atoms with E-state index in [0.29, 0.717) is 19.5 Å². The first kappa shape index (κ1) is 16.2. The first-order chi connectivity index (χ1) is 8.74. The molecule has 2 N–H and O–H groups in total. The Morgan fingerprint density at radius 3 is 2.53 bits per heavy atom. The van der Waals surface area contributed by atoms with E-state index in [-0.39, 0.29) is 18.5 Å². The highest BCUT2D eigenvalue weighted by atomic mass is 19.4. The second-order valence-electron chi connectivity index (χ2n) is 5.11. The molecule has 0 aromatic heterocycles. The van der Waals surface area contributed by atoms with Crippen LogP contribution in [0.2, 0.25) is 0 Å². The number of alkyl halides is 3. The van der Waals surface area contributed by atoms with Gasteiger partial charge >= 0.3 is 6.18 Å². The zero-order chi connectivity index (χ0) is 14.6. The molecule has 2 atom stereocenters. The van der Waals surface area contributed by atoms with Crippen molar-refractivity contribution in [3.05, 3.63) is 0 Å². The third-order valence-electron chi connectivity index (χ3n) is 3.38. The Hall–Kier alpha value is -0.820. The molecule has 1 heterocycles. The Morgan fingerprint density at radius 2 is 2.05 bits per heavy atom. The van der Waals surface area contributed by atoms with Crippen LogP contribution in [-0.4, -0.2) is 60.1 Å². The maximum atomic E-state index is 12.4. The van der Waals surface area contributed by atoms with Crippen LogP contribution in [0.5, 0.6) is 0 Å². The summed E-state index contributed by atoms with van der Waals surface area (Å²) < 4.78 is 37.1. The average molecular weight is 281 g/mol. The van der Waals surface area contributed by atoms with Crippen LogP contribution in [0.1, 0.15) is 26.7 Å². The number of rotatable bonds is 4. The predicted molar refractivity (Wildman–Crippen MR) is 66.6 cm³/mol. The third-order valence-corrected chi connectivity index (χ3v) is 3.38. The molecule has 0 spiro atoms. The minimum atomic E-state index is -4.20. The van der Waals surface area contributed by atoms with Crippen LogP contribution < -0.4 is 5.73 Å². The van der Waals surface area contributed by atoms with Crippen molar-refractivity contribution in [2.75, 3.05) is 26.2 Å². The van der Waals surface area contributed by atoms with Gasteiger partial charge in [-0.1, -0.05) is 13.3 Å². The minimum absolute atomic E-state index is 0.152. The minimum Gasteiger partial charge on any atom is -0.339 e. The first-order valence-corrected chi connectivity index (χ1v) is 6.59. The summed E-state index contributed by atoms with van der Waals surface area (Å²) in [6.07, 6.45) is -2.77. The summed E-state index contributed by atoms with van der Waals surface area (Å²) in [4.78, 5) is 14.9. The molecule has 0 radical (unpaired) electrons. The van der Waals surface area contributed by atoms with Gasteiger partial charge in [0.2, 0.25) is 5.91 Å². The summed E-state index contributed by atoms with van der Waals surface area (Å²) in [5.41, 5.74) is 5.76. The molecule has 0 bridgehead atoms. The van der Waals surface area contributed by atoms with E-state index in [1.54, 1.807) is 11.8 Å². The third kappa shape index (κ3) is 4.99. The maximum Gasteiger partial charge on any atom is 0.401 e. The van der Waals surface area contributed by atoms with E-state index in [0.717, 1.165) is 6.42 Å². The van der Waals surface area contributed by atoms with Gasteiger partial charge in [0.25, 0.3) is 0 Å². The molecule has 1 saturated heterocycles. The zero-order valence-electron chi connectivity index (χ0n) is 11.4. The van der Waals surface area contributed by atoms with Crippen molar-refractivity contribution in [1.82, 2.24) is 9.80 Å². The lowest BCUT2D eigenvalue weighted by molar-refractivity contribution is -0.157. The number of hydrogen-bond donors (Lipinski definition) is 1. The van der Waals surface area contributed by atoms with Gasteiger partial charge < -0.3 is 10.6 Å². The molecule has 112 valence electrons. The van der Waals surface area contributed by atoms with Crippen molar-refractivity contribution in [1.29, 1.82) is 0 Å². The van der Waals surface area contributed by atoms with E-state index in [4.69, 9.17) is 5.73 Å².